The average molecular weight is 485 g/mol. The first kappa shape index (κ1) is 25.6. The summed E-state index contributed by atoms with van der Waals surface area (Å²) in [7, 11) is -3.72. The van der Waals surface area contributed by atoms with E-state index in [1.165, 1.54) is 12.1 Å². The van der Waals surface area contributed by atoms with Crippen LogP contribution in [0.5, 0.6) is 5.75 Å². The van der Waals surface area contributed by atoms with Gasteiger partial charge in [-0.2, -0.15) is 0 Å². The average Bonchev–Trinajstić information content (AvgIpc) is 3.12. The van der Waals surface area contributed by atoms with Gasteiger partial charge in [-0.25, -0.2) is 22.7 Å². The second kappa shape index (κ2) is 9.00. The van der Waals surface area contributed by atoms with Gasteiger partial charge < -0.3 is 5.11 Å². The molecule has 0 atom stereocenters. The Hall–Kier alpha value is -2.97. The summed E-state index contributed by atoms with van der Waals surface area (Å²) < 4.78 is 26.6. The van der Waals surface area contributed by atoms with Gasteiger partial charge in [0.2, 0.25) is 22.1 Å². The van der Waals surface area contributed by atoms with Crippen molar-refractivity contribution in [1.82, 2.24) is 4.57 Å². The standard InChI is InChI=1S/C26H33N3O4S/c1-25(2,3)21-13-19(14-22(24(21)31)26(4,5)6)23(30)16-29-12-11-28(17-29)15-18-7-9-20(10-8-18)34(27,32)33/h7-14,17H,15-16H2,1-6H3,(H2-,27,30,31,32,33)/p+1. The molecule has 0 spiro atoms. The van der Waals surface area contributed by atoms with Crippen LogP contribution < -0.4 is 9.71 Å². The molecule has 0 unspecified atom stereocenters. The van der Waals surface area contributed by atoms with Crippen LogP contribution in [-0.2, 0) is 33.9 Å². The molecule has 0 fully saturated rings. The molecule has 3 aromatic rings. The zero-order chi connectivity index (χ0) is 25.5. The Morgan fingerprint density at radius 2 is 1.53 bits per heavy atom. The third-order valence-electron chi connectivity index (χ3n) is 5.74. The number of phenols is 1. The van der Waals surface area contributed by atoms with Crippen LogP contribution in [0.4, 0.5) is 0 Å². The van der Waals surface area contributed by atoms with Crippen molar-refractivity contribution >= 4 is 15.8 Å². The van der Waals surface area contributed by atoms with Crippen LogP contribution in [0, 0.1) is 0 Å². The maximum atomic E-state index is 13.2. The number of primary sulfonamides is 1. The van der Waals surface area contributed by atoms with E-state index in [0.29, 0.717) is 12.1 Å². The van der Waals surface area contributed by atoms with Crippen LogP contribution >= 0.6 is 0 Å². The molecular formula is C26H34N3O4S+. The molecule has 8 heteroatoms. The zero-order valence-electron chi connectivity index (χ0n) is 20.7. The monoisotopic (exact) mass is 484 g/mol. The quantitative estimate of drug-likeness (QED) is 0.411. The van der Waals surface area contributed by atoms with Crippen molar-refractivity contribution in [3.63, 3.8) is 0 Å². The lowest BCUT2D eigenvalue weighted by Crippen LogP contribution is -2.36. The molecule has 3 rings (SSSR count). The summed E-state index contributed by atoms with van der Waals surface area (Å²) in [6, 6.07) is 10.0. The summed E-state index contributed by atoms with van der Waals surface area (Å²) in [6.07, 6.45) is 5.52. The van der Waals surface area contributed by atoms with Gasteiger partial charge in [0.1, 0.15) is 24.7 Å². The predicted octanol–water partition coefficient (Wildman–Crippen LogP) is 3.65. The fourth-order valence-electron chi connectivity index (χ4n) is 3.82. The van der Waals surface area contributed by atoms with E-state index in [0.717, 1.165) is 16.7 Å². The maximum absolute atomic E-state index is 13.2. The summed E-state index contributed by atoms with van der Waals surface area (Å²) in [6.45, 7) is 12.8. The number of rotatable bonds is 6. The number of aromatic nitrogens is 2. The molecule has 0 saturated heterocycles. The van der Waals surface area contributed by atoms with Gasteiger partial charge in [-0.15, -0.1) is 0 Å². The molecule has 0 bridgehead atoms. The van der Waals surface area contributed by atoms with Crippen molar-refractivity contribution < 1.29 is 22.9 Å². The van der Waals surface area contributed by atoms with Gasteiger partial charge in [0.05, 0.1) is 4.90 Å². The lowest BCUT2D eigenvalue weighted by molar-refractivity contribution is -0.682. The van der Waals surface area contributed by atoms with Gasteiger partial charge in [-0.1, -0.05) is 53.7 Å². The highest BCUT2D eigenvalue weighted by Crippen LogP contribution is 2.39. The second-order valence-corrected chi connectivity index (χ2v) is 12.4. The Balaban J connectivity index is 1.82. The second-order valence-electron chi connectivity index (χ2n) is 10.8. The maximum Gasteiger partial charge on any atom is 0.244 e. The van der Waals surface area contributed by atoms with Crippen molar-refractivity contribution in [2.24, 2.45) is 5.14 Å². The highest BCUT2D eigenvalue weighted by atomic mass is 32.2. The topological polar surface area (TPSA) is 106 Å². The number of hydrogen-bond donors (Lipinski definition) is 2. The minimum absolute atomic E-state index is 0.0451. The van der Waals surface area contributed by atoms with Gasteiger partial charge >= 0.3 is 0 Å². The number of phenolic OH excluding ortho intramolecular Hbond substituents is 1. The number of aromatic hydroxyl groups is 1. The van der Waals surface area contributed by atoms with E-state index in [1.807, 2.05) is 64.8 Å². The number of imidazole rings is 1. The van der Waals surface area contributed by atoms with E-state index in [2.05, 4.69) is 0 Å². The number of Topliss-reactive ketones (excluding diaryl/α,β-unsaturated/α-hetero) is 1. The number of carbonyl (C=O) groups is 1. The van der Waals surface area contributed by atoms with Crippen molar-refractivity contribution in [1.29, 1.82) is 0 Å². The summed E-state index contributed by atoms with van der Waals surface area (Å²) in [4.78, 5) is 13.3. The summed E-state index contributed by atoms with van der Waals surface area (Å²) in [5.41, 5.74) is 2.38. The SMILES string of the molecule is CC(C)(C)c1cc(C(=O)C[n+]2ccn(Cc3ccc(S(N)(=O)=O)cc3)c2)cc(C(C)(C)C)c1O. The van der Waals surface area contributed by atoms with E-state index in [1.54, 1.807) is 28.8 Å². The molecule has 7 nitrogen and oxygen atoms in total. The number of nitrogens with two attached hydrogens (primary N) is 1. The van der Waals surface area contributed by atoms with E-state index >= 15 is 0 Å². The van der Waals surface area contributed by atoms with Crippen LogP contribution in [0.3, 0.4) is 0 Å². The first-order valence-corrected chi connectivity index (χ1v) is 12.7. The molecule has 1 heterocycles. The smallest absolute Gasteiger partial charge is 0.244 e. The van der Waals surface area contributed by atoms with Crippen LogP contribution in [0.15, 0.2) is 60.0 Å². The first-order valence-electron chi connectivity index (χ1n) is 11.1. The number of nitrogens with zero attached hydrogens (tertiary/aromatic N) is 2. The largest absolute Gasteiger partial charge is 0.507 e. The highest BCUT2D eigenvalue weighted by Gasteiger charge is 2.28. The Morgan fingerprint density at radius 3 is 2.00 bits per heavy atom. The third kappa shape index (κ3) is 5.93. The molecule has 182 valence electrons. The Labute approximate surface area is 201 Å². The van der Waals surface area contributed by atoms with Crippen molar-refractivity contribution in [3.8, 4) is 5.75 Å². The first-order chi connectivity index (χ1) is 15.6. The van der Waals surface area contributed by atoms with Crippen LogP contribution in [-0.4, -0.2) is 23.9 Å². The summed E-state index contributed by atoms with van der Waals surface area (Å²) >= 11 is 0. The molecule has 0 aliphatic rings. The predicted molar refractivity (Wildman–Crippen MR) is 131 cm³/mol. The third-order valence-corrected chi connectivity index (χ3v) is 6.67. The number of ketones is 1. The van der Waals surface area contributed by atoms with Gasteiger partial charge in [0.25, 0.3) is 0 Å². The lowest BCUT2D eigenvalue weighted by Gasteiger charge is -2.28. The Morgan fingerprint density at radius 1 is 1.00 bits per heavy atom. The molecule has 3 N–H and O–H groups in total. The van der Waals surface area contributed by atoms with E-state index in [4.69, 9.17) is 5.14 Å². The zero-order valence-corrected chi connectivity index (χ0v) is 21.5. The van der Waals surface area contributed by atoms with Gasteiger partial charge in [-0.05, 0) is 40.7 Å². The molecule has 34 heavy (non-hydrogen) atoms. The summed E-state index contributed by atoms with van der Waals surface area (Å²) in [5.74, 6) is 0.208. The minimum atomic E-state index is -3.72. The molecule has 0 aliphatic heterocycles. The molecule has 2 aromatic carbocycles. The number of hydrogen-bond acceptors (Lipinski definition) is 4. The van der Waals surface area contributed by atoms with Gasteiger partial charge in [0, 0.05) is 16.7 Å². The molecule has 0 aliphatic carbocycles. The van der Waals surface area contributed by atoms with E-state index in [9.17, 15) is 18.3 Å². The highest BCUT2D eigenvalue weighted by molar-refractivity contribution is 7.89. The molecule has 1 aromatic heterocycles. The number of carbonyl (C=O) groups excluding carboxylic acids is 1. The van der Waals surface area contributed by atoms with Crippen LogP contribution in [0.1, 0.15) is 68.6 Å². The van der Waals surface area contributed by atoms with Crippen LogP contribution in [0.25, 0.3) is 0 Å². The van der Waals surface area contributed by atoms with Crippen molar-refractivity contribution in [3.05, 3.63) is 77.4 Å². The van der Waals surface area contributed by atoms with E-state index in [-0.39, 0.29) is 33.8 Å². The Bertz CT molecular complexity index is 1270. The normalized spacial score (nSPS) is 12.7. The van der Waals surface area contributed by atoms with Crippen molar-refractivity contribution in [2.45, 2.75) is 70.4 Å². The molecule has 0 amide bonds. The number of benzene rings is 2. The fourth-order valence-corrected chi connectivity index (χ4v) is 4.33. The van der Waals surface area contributed by atoms with Gasteiger partial charge in [0.15, 0.2) is 6.54 Å². The summed E-state index contributed by atoms with van der Waals surface area (Å²) in [5, 5.41) is 16.1. The number of sulfonamides is 1. The Kier molecular flexibility index (Phi) is 6.79. The fraction of sp³-hybridized carbons (Fsp3) is 0.385. The lowest BCUT2D eigenvalue weighted by atomic mass is 9.78. The molecular weight excluding hydrogens is 450 g/mol. The molecule has 0 saturated carbocycles. The molecule has 0 radical (unpaired) electrons. The minimum Gasteiger partial charge on any atom is -0.507 e. The van der Waals surface area contributed by atoms with Gasteiger partial charge in [-0.3, -0.25) is 4.79 Å². The van der Waals surface area contributed by atoms with Crippen molar-refractivity contribution in [2.75, 3.05) is 0 Å². The van der Waals surface area contributed by atoms with Crippen LogP contribution in [0.2, 0.25) is 0 Å². The van der Waals surface area contributed by atoms with E-state index < -0.39 is 10.0 Å².